The number of carbonyl (C=O) groups excluding carboxylic acids is 2. The maximum absolute atomic E-state index is 14.3. The first-order chi connectivity index (χ1) is 16.6. The number of rotatable bonds is 7. The van der Waals surface area contributed by atoms with Crippen molar-refractivity contribution >= 4 is 52.6 Å². The van der Waals surface area contributed by atoms with Gasteiger partial charge in [-0.2, -0.15) is 26.3 Å². The average Bonchev–Trinajstić information content (AvgIpc) is 3.22. The molecule has 0 bridgehead atoms. The van der Waals surface area contributed by atoms with Crippen molar-refractivity contribution in [1.82, 2.24) is 5.32 Å². The molecule has 0 aliphatic carbocycles. The van der Waals surface area contributed by atoms with Gasteiger partial charge in [-0.15, -0.1) is 0 Å². The second-order valence-corrected chi connectivity index (χ2v) is 10.1. The third kappa shape index (κ3) is 6.54. The molecule has 0 aromatic heterocycles. The van der Waals surface area contributed by atoms with Crippen LogP contribution in [-0.4, -0.2) is 36.3 Å². The molecule has 194 valence electrons. The third-order valence-electron chi connectivity index (χ3n) is 5.44. The van der Waals surface area contributed by atoms with Gasteiger partial charge in [-0.05, 0) is 59.8 Å². The Hall–Kier alpha value is -2.24. The van der Waals surface area contributed by atoms with Gasteiger partial charge in [0.2, 0.25) is 5.91 Å². The van der Waals surface area contributed by atoms with Crippen molar-refractivity contribution < 1.29 is 35.9 Å². The standard InChI is InChI=1S/C23H18Cl2F6N2O2S/c1-12-6-13(2-3-17(12)19(34)4-5-20(35)32-11-22(26,27)28)18-10-21(36-33-18,23(29,30)31)14-7-15(24)9-16(25)8-14/h2-3,6-9H,4-5,10-11H2,1H3,(H,32,35). The van der Waals surface area contributed by atoms with Crippen molar-refractivity contribution in [3.05, 3.63) is 68.7 Å². The van der Waals surface area contributed by atoms with E-state index >= 15 is 0 Å². The molecule has 2 aromatic carbocycles. The molecule has 0 spiro atoms. The Labute approximate surface area is 216 Å². The van der Waals surface area contributed by atoms with Crippen LogP contribution in [0.15, 0.2) is 40.8 Å². The van der Waals surface area contributed by atoms with Gasteiger partial charge < -0.3 is 5.32 Å². The van der Waals surface area contributed by atoms with E-state index in [-0.39, 0.29) is 33.3 Å². The molecule has 0 saturated heterocycles. The van der Waals surface area contributed by atoms with Crippen LogP contribution in [-0.2, 0) is 9.54 Å². The molecule has 0 saturated carbocycles. The zero-order valence-electron chi connectivity index (χ0n) is 18.5. The Bertz CT molecular complexity index is 1200. The molecular formula is C23H18Cl2F6N2O2S. The van der Waals surface area contributed by atoms with Crippen molar-refractivity contribution in [3.63, 3.8) is 0 Å². The van der Waals surface area contributed by atoms with E-state index in [1.54, 1.807) is 12.2 Å². The number of aryl methyl sites for hydroxylation is 1. The number of ketones is 1. The van der Waals surface area contributed by atoms with Gasteiger partial charge in [-0.1, -0.05) is 35.3 Å². The van der Waals surface area contributed by atoms with Gasteiger partial charge in [0.25, 0.3) is 0 Å². The number of Topliss-reactive ketones (excluding diaryl/α,β-unsaturated/α-hetero) is 1. The minimum Gasteiger partial charge on any atom is -0.347 e. The normalized spacial score (nSPS) is 18.2. The number of hydrogen-bond acceptors (Lipinski definition) is 4. The van der Waals surface area contributed by atoms with Crippen molar-refractivity contribution in [2.24, 2.45) is 4.40 Å². The van der Waals surface area contributed by atoms with E-state index < -0.39 is 48.2 Å². The number of alkyl halides is 6. The molecule has 1 N–H and O–H groups in total. The fourth-order valence-electron chi connectivity index (χ4n) is 3.65. The van der Waals surface area contributed by atoms with Crippen LogP contribution in [0, 0.1) is 6.92 Å². The highest BCUT2D eigenvalue weighted by Crippen LogP contribution is 2.57. The zero-order chi connectivity index (χ0) is 26.9. The maximum Gasteiger partial charge on any atom is 0.409 e. The predicted molar refractivity (Wildman–Crippen MR) is 127 cm³/mol. The fraction of sp³-hybridized carbons (Fsp3) is 0.348. The number of carbonyl (C=O) groups is 2. The fourth-order valence-corrected chi connectivity index (χ4v) is 5.14. The third-order valence-corrected chi connectivity index (χ3v) is 7.11. The van der Waals surface area contributed by atoms with Crippen LogP contribution in [0.3, 0.4) is 0 Å². The number of benzene rings is 2. The molecular weight excluding hydrogens is 553 g/mol. The van der Waals surface area contributed by atoms with Gasteiger partial charge >= 0.3 is 12.4 Å². The smallest absolute Gasteiger partial charge is 0.347 e. The van der Waals surface area contributed by atoms with Crippen LogP contribution >= 0.6 is 35.1 Å². The second kappa shape index (κ2) is 10.6. The summed E-state index contributed by atoms with van der Waals surface area (Å²) in [7, 11) is 0. The first-order valence-corrected chi connectivity index (χ1v) is 11.9. The Morgan fingerprint density at radius 3 is 2.22 bits per heavy atom. The Balaban J connectivity index is 1.75. The van der Waals surface area contributed by atoms with Gasteiger partial charge in [0.05, 0.1) is 5.71 Å². The summed E-state index contributed by atoms with van der Waals surface area (Å²) >= 11 is 12.2. The lowest BCUT2D eigenvalue weighted by atomic mass is 9.88. The van der Waals surface area contributed by atoms with Gasteiger partial charge in [-0.3, -0.25) is 9.59 Å². The van der Waals surface area contributed by atoms with E-state index in [9.17, 15) is 35.9 Å². The van der Waals surface area contributed by atoms with Crippen LogP contribution in [0.2, 0.25) is 10.0 Å². The predicted octanol–water partition coefficient (Wildman–Crippen LogP) is 7.24. The molecule has 1 aliphatic rings. The first-order valence-electron chi connectivity index (χ1n) is 10.4. The summed E-state index contributed by atoms with van der Waals surface area (Å²) in [6.45, 7) is 0.0749. The topological polar surface area (TPSA) is 58.5 Å². The summed E-state index contributed by atoms with van der Waals surface area (Å²) in [5.41, 5.74) is 1.03. The molecule has 1 unspecified atom stereocenters. The Morgan fingerprint density at radius 1 is 1.03 bits per heavy atom. The molecule has 1 amide bonds. The maximum atomic E-state index is 14.3. The van der Waals surface area contributed by atoms with Gasteiger partial charge in [-0.25, -0.2) is 4.40 Å². The molecule has 4 nitrogen and oxygen atoms in total. The zero-order valence-corrected chi connectivity index (χ0v) is 20.8. The monoisotopic (exact) mass is 570 g/mol. The minimum absolute atomic E-state index is 0.0565. The van der Waals surface area contributed by atoms with Gasteiger partial charge in [0.15, 0.2) is 10.5 Å². The number of amides is 1. The van der Waals surface area contributed by atoms with Crippen molar-refractivity contribution in [1.29, 1.82) is 0 Å². The number of nitrogens with zero attached hydrogens (tertiary/aromatic N) is 1. The van der Waals surface area contributed by atoms with E-state index in [1.165, 1.54) is 36.4 Å². The van der Waals surface area contributed by atoms with E-state index in [0.29, 0.717) is 23.1 Å². The summed E-state index contributed by atoms with van der Waals surface area (Å²) in [6, 6.07) is 8.08. The SMILES string of the molecule is Cc1cc(C2=NSC(c3cc(Cl)cc(Cl)c3)(C(F)(F)F)C2)ccc1C(=O)CCC(=O)NCC(F)(F)F. The number of hydrogen-bond donors (Lipinski definition) is 1. The number of nitrogens with one attached hydrogen (secondary N) is 1. The summed E-state index contributed by atoms with van der Waals surface area (Å²) in [5.74, 6) is -1.40. The Morgan fingerprint density at radius 2 is 1.67 bits per heavy atom. The van der Waals surface area contributed by atoms with Gasteiger partial charge in [0, 0.05) is 34.9 Å². The molecule has 0 radical (unpaired) electrons. The summed E-state index contributed by atoms with van der Waals surface area (Å²) in [6.07, 6.45) is -10.5. The van der Waals surface area contributed by atoms with E-state index in [0.717, 1.165) is 0 Å². The molecule has 1 heterocycles. The lowest BCUT2D eigenvalue weighted by molar-refractivity contribution is -0.159. The van der Waals surface area contributed by atoms with Crippen LogP contribution in [0.25, 0.3) is 0 Å². The quantitative estimate of drug-likeness (QED) is 0.217. The van der Waals surface area contributed by atoms with Gasteiger partial charge in [0.1, 0.15) is 6.54 Å². The molecule has 13 heteroatoms. The van der Waals surface area contributed by atoms with E-state index in [2.05, 4.69) is 4.40 Å². The van der Waals surface area contributed by atoms with E-state index in [1.807, 2.05) is 0 Å². The highest BCUT2D eigenvalue weighted by atomic mass is 35.5. The second-order valence-electron chi connectivity index (χ2n) is 8.13. The highest BCUT2D eigenvalue weighted by Gasteiger charge is 2.60. The van der Waals surface area contributed by atoms with Crippen LogP contribution in [0.5, 0.6) is 0 Å². The summed E-state index contributed by atoms with van der Waals surface area (Å²) < 4.78 is 81.0. The average molecular weight is 571 g/mol. The molecule has 1 aliphatic heterocycles. The lowest BCUT2D eigenvalue weighted by Crippen LogP contribution is -2.38. The highest BCUT2D eigenvalue weighted by molar-refractivity contribution is 7.99. The van der Waals surface area contributed by atoms with E-state index in [4.69, 9.17) is 23.2 Å². The van der Waals surface area contributed by atoms with Crippen molar-refractivity contribution in [3.8, 4) is 0 Å². The molecule has 0 fully saturated rings. The molecule has 3 rings (SSSR count). The summed E-state index contributed by atoms with van der Waals surface area (Å²) in [5, 5.41) is 1.80. The largest absolute Gasteiger partial charge is 0.409 e. The number of halogens is 8. The van der Waals surface area contributed by atoms with Crippen molar-refractivity contribution in [2.75, 3.05) is 6.54 Å². The minimum atomic E-state index is -4.69. The molecule has 1 atom stereocenters. The van der Waals surface area contributed by atoms with Crippen molar-refractivity contribution in [2.45, 2.75) is 43.3 Å². The molecule has 2 aromatic rings. The lowest BCUT2D eigenvalue weighted by Gasteiger charge is -2.30. The first kappa shape index (κ1) is 28.3. The van der Waals surface area contributed by atoms with Crippen LogP contribution in [0.1, 0.15) is 46.3 Å². The Kier molecular flexibility index (Phi) is 8.36. The molecule has 36 heavy (non-hydrogen) atoms. The summed E-state index contributed by atoms with van der Waals surface area (Å²) in [4.78, 5) is 24.0. The van der Waals surface area contributed by atoms with Crippen LogP contribution < -0.4 is 5.32 Å². The van der Waals surface area contributed by atoms with Crippen LogP contribution in [0.4, 0.5) is 26.3 Å².